The Balaban J connectivity index is 1.41. The maximum absolute atomic E-state index is 13.6. The number of anilines is 1. The summed E-state index contributed by atoms with van der Waals surface area (Å²) >= 11 is 0. The third kappa shape index (κ3) is 7.45. The molecule has 4 N–H and O–H groups in total. The number of nitrogens with one attached hydrogen (secondary N) is 4. The average molecular weight is 589 g/mol. The number of aromatic nitrogens is 2. The van der Waals surface area contributed by atoms with Crippen molar-refractivity contribution in [2.45, 2.75) is 71.2 Å². The van der Waals surface area contributed by atoms with Crippen molar-refractivity contribution in [2.75, 3.05) is 5.32 Å². The van der Waals surface area contributed by atoms with Gasteiger partial charge in [-0.3, -0.25) is 30.2 Å². The number of aryl methyl sites for hydroxylation is 1. The molecule has 12 nitrogen and oxygen atoms in total. The second-order valence-electron chi connectivity index (χ2n) is 11.2. The molecule has 226 valence electrons. The van der Waals surface area contributed by atoms with Gasteiger partial charge in [-0.25, -0.2) is 14.6 Å². The SMILES string of the molecule is CCC1(C(=O)NCc2ccc(C(=N)NC(=O)OC(C)(C)C)cc2)CCc2ncc(NC(=O)OCc3ccccc3)c(=O)n21. The lowest BCUT2D eigenvalue weighted by Gasteiger charge is -2.29. The van der Waals surface area contributed by atoms with E-state index in [1.54, 1.807) is 45.0 Å². The quantitative estimate of drug-likeness (QED) is 0.226. The summed E-state index contributed by atoms with van der Waals surface area (Å²) in [5.74, 6) is 0.00740. The molecule has 0 spiro atoms. The summed E-state index contributed by atoms with van der Waals surface area (Å²) in [4.78, 5) is 55.8. The van der Waals surface area contributed by atoms with Crippen molar-refractivity contribution in [2.24, 2.45) is 0 Å². The highest BCUT2D eigenvalue weighted by atomic mass is 16.6. The van der Waals surface area contributed by atoms with Crippen LogP contribution in [-0.2, 0) is 39.4 Å². The van der Waals surface area contributed by atoms with Gasteiger partial charge in [0.1, 0.15) is 35.1 Å². The summed E-state index contributed by atoms with van der Waals surface area (Å²) in [5, 5.41) is 15.9. The van der Waals surface area contributed by atoms with E-state index in [1.165, 1.54) is 10.8 Å². The van der Waals surface area contributed by atoms with E-state index in [0.29, 0.717) is 30.7 Å². The molecule has 2 heterocycles. The fraction of sp³-hybridized carbons (Fsp3) is 0.355. The number of amides is 3. The van der Waals surface area contributed by atoms with E-state index < -0.39 is 28.9 Å². The number of carbonyl (C=O) groups excluding carboxylic acids is 3. The minimum absolute atomic E-state index is 0.0377. The molecule has 0 bridgehead atoms. The molecular formula is C31H36N6O6. The van der Waals surface area contributed by atoms with Gasteiger partial charge in [0.05, 0.1) is 6.20 Å². The number of hydrogen-bond acceptors (Lipinski definition) is 8. The molecule has 1 atom stereocenters. The van der Waals surface area contributed by atoms with Crippen molar-refractivity contribution in [1.82, 2.24) is 20.2 Å². The van der Waals surface area contributed by atoms with Crippen molar-refractivity contribution in [1.29, 1.82) is 5.41 Å². The van der Waals surface area contributed by atoms with E-state index in [2.05, 4.69) is 20.9 Å². The Labute approximate surface area is 249 Å². The fourth-order valence-electron chi connectivity index (χ4n) is 4.82. The van der Waals surface area contributed by atoms with E-state index in [4.69, 9.17) is 14.9 Å². The number of hydrogen-bond donors (Lipinski definition) is 4. The van der Waals surface area contributed by atoms with Crippen LogP contribution in [0.1, 0.15) is 63.1 Å². The molecule has 43 heavy (non-hydrogen) atoms. The van der Waals surface area contributed by atoms with E-state index in [-0.39, 0.29) is 30.6 Å². The van der Waals surface area contributed by atoms with Crippen molar-refractivity contribution >= 4 is 29.6 Å². The van der Waals surface area contributed by atoms with Crippen molar-refractivity contribution < 1.29 is 23.9 Å². The van der Waals surface area contributed by atoms with Gasteiger partial charge in [0, 0.05) is 18.5 Å². The van der Waals surface area contributed by atoms with Crippen LogP contribution in [0.2, 0.25) is 0 Å². The summed E-state index contributed by atoms with van der Waals surface area (Å²) in [6.07, 6.45) is 0.913. The van der Waals surface area contributed by atoms with Gasteiger partial charge >= 0.3 is 12.2 Å². The Bertz CT molecular complexity index is 1560. The molecule has 2 aromatic carbocycles. The molecule has 0 radical (unpaired) electrons. The molecule has 12 heteroatoms. The van der Waals surface area contributed by atoms with Gasteiger partial charge in [-0.05, 0) is 44.7 Å². The molecule has 0 aliphatic carbocycles. The highest BCUT2D eigenvalue weighted by molar-refractivity contribution is 6.04. The van der Waals surface area contributed by atoms with Gasteiger partial charge in [-0.2, -0.15) is 0 Å². The molecule has 1 aliphatic heterocycles. The average Bonchev–Trinajstić information content (AvgIpc) is 3.36. The van der Waals surface area contributed by atoms with Crippen LogP contribution in [0.3, 0.4) is 0 Å². The number of nitrogens with zero attached hydrogens (tertiary/aromatic N) is 2. The first-order valence-electron chi connectivity index (χ1n) is 14.0. The molecule has 1 unspecified atom stereocenters. The number of benzene rings is 2. The molecule has 4 rings (SSSR count). The Morgan fingerprint density at radius 2 is 1.72 bits per heavy atom. The van der Waals surface area contributed by atoms with E-state index in [1.807, 2.05) is 37.3 Å². The van der Waals surface area contributed by atoms with E-state index in [9.17, 15) is 19.2 Å². The minimum Gasteiger partial charge on any atom is -0.444 e. The largest absolute Gasteiger partial charge is 0.444 e. The fourth-order valence-corrected chi connectivity index (χ4v) is 4.82. The van der Waals surface area contributed by atoms with E-state index >= 15 is 0 Å². The maximum Gasteiger partial charge on any atom is 0.413 e. The van der Waals surface area contributed by atoms with Crippen molar-refractivity contribution in [3.8, 4) is 0 Å². The zero-order valence-corrected chi connectivity index (χ0v) is 24.7. The summed E-state index contributed by atoms with van der Waals surface area (Å²) in [7, 11) is 0. The molecule has 1 aliphatic rings. The lowest BCUT2D eigenvalue weighted by atomic mass is 9.92. The van der Waals surface area contributed by atoms with Gasteiger partial charge in [0.2, 0.25) is 5.91 Å². The van der Waals surface area contributed by atoms with Gasteiger partial charge in [0.25, 0.3) is 5.56 Å². The number of fused-ring (bicyclic) bond motifs is 1. The highest BCUT2D eigenvalue weighted by Crippen LogP contribution is 2.33. The summed E-state index contributed by atoms with van der Waals surface area (Å²) in [6, 6.07) is 15.9. The smallest absolute Gasteiger partial charge is 0.413 e. The molecule has 3 amide bonds. The first kappa shape index (κ1) is 30.9. The lowest BCUT2D eigenvalue weighted by molar-refractivity contribution is -0.130. The van der Waals surface area contributed by atoms with Gasteiger partial charge in [0.15, 0.2) is 0 Å². The summed E-state index contributed by atoms with van der Waals surface area (Å²) in [6.45, 7) is 7.25. The van der Waals surface area contributed by atoms with Gasteiger partial charge in [-0.1, -0.05) is 61.5 Å². The zero-order chi connectivity index (χ0) is 31.2. The number of amidine groups is 1. The van der Waals surface area contributed by atoms with Crippen LogP contribution >= 0.6 is 0 Å². The lowest BCUT2D eigenvalue weighted by Crippen LogP contribution is -2.50. The standard InChI is InChI=1S/C31H36N6O6/c1-5-31(27(39)34-17-20-11-13-22(14-12-20)25(32)36-29(41)43-30(2,3)4)16-15-24-33-18-23(26(38)37(24)31)35-28(40)42-19-21-9-7-6-8-10-21/h6-14,18H,5,15-17,19H2,1-4H3,(H,34,39)(H,35,40)(H2,32,36,41). The number of ether oxygens (including phenoxy) is 2. The van der Waals surface area contributed by atoms with Crippen molar-refractivity contribution in [3.05, 3.63) is 93.7 Å². The van der Waals surface area contributed by atoms with E-state index in [0.717, 1.165) is 11.1 Å². The van der Waals surface area contributed by atoms with Crippen LogP contribution in [0.5, 0.6) is 0 Å². The third-order valence-electron chi connectivity index (χ3n) is 7.00. The van der Waals surface area contributed by atoms with Crippen LogP contribution in [0.15, 0.2) is 65.6 Å². The monoisotopic (exact) mass is 588 g/mol. The predicted molar refractivity (Wildman–Crippen MR) is 160 cm³/mol. The molecule has 0 saturated heterocycles. The normalized spacial score (nSPS) is 15.6. The molecule has 3 aromatic rings. The maximum atomic E-state index is 13.6. The summed E-state index contributed by atoms with van der Waals surface area (Å²) in [5.41, 5.74) is -0.443. The van der Waals surface area contributed by atoms with Crippen LogP contribution in [0.25, 0.3) is 0 Å². The highest BCUT2D eigenvalue weighted by Gasteiger charge is 2.45. The molecule has 0 saturated carbocycles. The number of rotatable bonds is 8. The number of alkyl carbamates (subject to hydrolysis) is 1. The van der Waals surface area contributed by atoms with Crippen LogP contribution in [-0.4, -0.2) is 39.1 Å². The molecular weight excluding hydrogens is 552 g/mol. The van der Waals surface area contributed by atoms with Crippen LogP contribution in [0.4, 0.5) is 15.3 Å². The van der Waals surface area contributed by atoms with Crippen LogP contribution < -0.4 is 21.5 Å². The van der Waals surface area contributed by atoms with Gasteiger partial charge in [-0.15, -0.1) is 0 Å². The second-order valence-corrected chi connectivity index (χ2v) is 11.2. The number of carbonyl (C=O) groups is 3. The van der Waals surface area contributed by atoms with Gasteiger partial charge < -0.3 is 14.8 Å². The third-order valence-corrected chi connectivity index (χ3v) is 7.00. The van der Waals surface area contributed by atoms with Crippen molar-refractivity contribution in [3.63, 3.8) is 0 Å². The first-order chi connectivity index (χ1) is 20.4. The molecule has 0 fully saturated rings. The van der Waals surface area contributed by atoms with Crippen LogP contribution in [0, 0.1) is 5.41 Å². The Kier molecular flexibility index (Phi) is 9.27. The Hall–Kier alpha value is -5.00. The first-order valence-corrected chi connectivity index (χ1v) is 14.0. The Morgan fingerprint density at radius 3 is 2.37 bits per heavy atom. The topological polar surface area (TPSA) is 164 Å². The summed E-state index contributed by atoms with van der Waals surface area (Å²) < 4.78 is 11.8. The minimum atomic E-state index is -1.18. The molecule has 1 aromatic heterocycles. The predicted octanol–water partition coefficient (Wildman–Crippen LogP) is 4.21. The zero-order valence-electron chi connectivity index (χ0n) is 24.7. The second kappa shape index (κ2) is 12.9. The Morgan fingerprint density at radius 1 is 1.02 bits per heavy atom.